The van der Waals surface area contributed by atoms with Crippen LogP contribution in [-0.2, 0) is 4.74 Å². The molecule has 20 heavy (non-hydrogen) atoms. The quantitative estimate of drug-likeness (QED) is 0.717. The van der Waals surface area contributed by atoms with E-state index in [4.69, 9.17) is 9.47 Å². The van der Waals surface area contributed by atoms with Crippen molar-refractivity contribution in [1.29, 1.82) is 0 Å². The first-order valence-electron chi connectivity index (χ1n) is 6.42. The molecular weight excluding hydrogens is 262 g/mol. The lowest BCUT2D eigenvalue weighted by atomic mass is 10.0. The lowest BCUT2D eigenvalue weighted by Gasteiger charge is -2.32. The number of aryl methyl sites for hydroxylation is 1. The van der Waals surface area contributed by atoms with Gasteiger partial charge in [0, 0.05) is 0 Å². The molecule has 0 aromatic heterocycles. The molecule has 1 fully saturated rings. The molecule has 6 nitrogen and oxygen atoms in total. The molecular formula is C14H19NO5. The van der Waals surface area contributed by atoms with Gasteiger partial charge in [-0.1, -0.05) is 11.6 Å². The summed E-state index contributed by atoms with van der Waals surface area (Å²) in [5.41, 5.74) is 1.32. The second-order valence-corrected chi connectivity index (χ2v) is 4.88. The van der Waals surface area contributed by atoms with Crippen molar-refractivity contribution in [3.8, 4) is 5.75 Å². The molecule has 1 amide bonds. The number of hydrogen-bond donors (Lipinski definition) is 3. The van der Waals surface area contributed by atoms with Gasteiger partial charge >= 0.3 is 0 Å². The monoisotopic (exact) mass is 281 g/mol. The third-order valence-corrected chi connectivity index (χ3v) is 3.31. The maximum absolute atomic E-state index is 12.3. The first-order valence-corrected chi connectivity index (χ1v) is 6.42. The molecule has 1 aliphatic heterocycles. The summed E-state index contributed by atoms with van der Waals surface area (Å²) in [6.07, 6.45) is -2.03. The molecule has 0 saturated carbocycles. The van der Waals surface area contributed by atoms with Crippen molar-refractivity contribution in [2.24, 2.45) is 0 Å². The molecule has 1 heterocycles. The number of amides is 1. The van der Waals surface area contributed by atoms with Gasteiger partial charge in [-0.25, -0.2) is 0 Å². The highest BCUT2D eigenvalue weighted by atomic mass is 16.5. The molecule has 2 rings (SSSR count). The Morgan fingerprint density at radius 1 is 1.40 bits per heavy atom. The number of rotatable bonds is 3. The Bertz CT molecular complexity index is 490. The summed E-state index contributed by atoms with van der Waals surface area (Å²) in [5, 5.41) is 22.0. The molecule has 1 aromatic rings. The topological polar surface area (TPSA) is 88.0 Å². The summed E-state index contributed by atoms with van der Waals surface area (Å²) in [4.78, 5) is 12.3. The number of aliphatic hydroxyl groups excluding tert-OH is 2. The van der Waals surface area contributed by atoms with Crippen molar-refractivity contribution in [3.63, 3.8) is 0 Å². The van der Waals surface area contributed by atoms with Crippen molar-refractivity contribution in [1.82, 2.24) is 5.32 Å². The summed E-state index contributed by atoms with van der Waals surface area (Å²) in [5.74, 6) is 0.0900. The van der Waals surface area contributed by atoms with E-state index in [-0.39, 0.29) is 19.1 Å². The SMILES string of the molecule is COc1ccc(C)cc1C(=O)N[C@@H]1COC[C@@H](O)[C@H]1O. The van der Waals surface area contributed by atoms with Gasteiger partial charge < -0.3 is 25.0 Å². The Balaban J connectivity index is 2.13. The second-order valence-electron chi connectivity index (χ2n) is 4.88. The third-order valence-electron chi connectivity index (χ3n) is 3.31. The maximum atomic E-state index is 12.3. The minimum Gasteiger partial charge on any atom is -0.496 e. The van der Waals surface area contributed by atoms with Crippen LogP contribution in [0.1, 0.15) is 15.9 Å². The Morgan fingerprint density at radius 3 is 2.85 bits per heavy atom. The van der Waals surface area contributed by atoms with Crippen LogP contribution in [0.15, 0.2) is 18.2 Å². The number of carbonyl (C=O) groups excluding carboxylic acids is 1. The molecule has 1 aliphatic rings. The van der Waals surface area contributed by atoms with Gasteiger partial charge in [0.05, 0.1) is 31.9 Å². The van der Waals surface area contributed by atoms with Crippen LogP contribution >= 0.6 is 0 Å². The molecule has 0 spiro atoms. The number of methoxy groups -OCH3 is 1. The molecule has 0 radical (unpaired) electrons. The van der Waals surface area contributed by atoms with E-state index in [0.29, 0.717) is 11.3 Å². The zero-order chi connectivity index (χ0) is 14.7. The molecule has 1 saturated heterocycles. The van der Waals surface area contributed by atoms with Crippen molar-refractivity contribution in [2.75, 3.05) is 20.3 Å². The van der Waals surface area contributed by atoms with Gasteiger partial charge in [0.15, 0.2) is 0 Å². The lowest BCUT2D eigenvalue weighted by molar-refractivity contribution is -0.102. The molecule has 1 aromatic carbocycles. The van der Waals surface area contributed by atoms with E-state index < -0.39 is 18.2 Å². The van der Waals surface area contributed by atoms with Gasteiger partial charge in [-0.2, -0.15) is 0 Å². The number of benzene rings is 1. The summed E-state index contributed by atoms with van der Waals surface area (Å²) < 4.78 is 10.3. The molecule has 3 N–H and O–H groups in total. The minimum atomic E-state index is -1.04. The van der Waals surface area contributed by atoms with E-state index in [9.17, 15) is 15.0 Å². The van der Waals surface area contributed by atoms with E-state index in [0.717, 1.165) is 5.56 Å². The predicted molar refractivity (Wildman–Crippen MR) is 71.8 cm³/mol. The summed E-state index contributed by atoms with van der Waals surface area (Å²) >= 11 is 0. The molecule has 0 bridgehead atoms. The fourth-order valence-electron chi connectivity index (χ4n) is 2.15. The number of carbonyl (C=O) groups is 1. The Morgan fingerprint density at radius 2 is 2.15 bits per heavy atom. The number of hydrogen-bond acceptors (Lipinski definition) is 5. The van der Waals surface area contributed by atoms with Crippen LogP contribution in [0.2, 0.25) is 0 Å². The molecule has 0 aliphatic carbocycles. The standard InChI is InChI=1S/C14H19NO5/c1-8-3-4-12(19-2)9(5-8)14(18)15-10-6-20-7-11(16)13(10)17/h3-5,10-11,13,16-17H,6-7H2,1-2H3,(H,15,18)/t10-,11-,13+/m1/s1. The average Bonchev–Trinajstić information content (AvgIpc) is 2.43. The van der Waals surface area contributed by atoms with Crippen LogP contribution < -0.4 is 10.1 Å². The first kappa shape index (κ1) is 14.8. The fraction of sp³-hybridized carbons (Fsp3) is 0.500. The van der Waals surface area contributed by atoms with Crippen molar-refractivity contribution in [3.05, 3.63) is 29.3 Å². The molecule has 6 heteroatoms. The highest BCUT2D eigenvalue weighted by Crippen LogP contribution is 2.20. The van der Waals surface area contributed by atoms with Crippen molar-refractivity contribution < 1.29 is 24.5 Å². The smallest absolute Gasteiger partial charge is 0.255 e. The van der Waals surface area contributed by atoms with Crippen LogP contribution in [0, 0.1) is 6.92 Å². The van der Waals surface area contributed by atoms with Gasteiger partial charge in [-0.05, 0) is 19.1 Å². The highest BCUT2D eigenvalue weighted by molar-refractivity contribution is 5.97. The van der Waals surface area contributed by atoms with E-state index in [1.807, 2.05) is 13.0 Å². The van der Waals surface area contributed by atoms with Crippen LogP contribution in [0.3, 0.4) is 0 Å². The third kappa shape index (κ3) is 3.09. The number of nitrogens with one attached hydrogen (secondary N) is 1. The van der Waals surface area contributed by atoms with Crippen LogP contribution in [-0.4, -0.2) is 54.7 Å². The van der Waals surface area contributed by atoms with Crippen LogP contribution in [0.25, 0.3) is 0 Å². The Kier molecular flexibility index (Phi) is 4.59. The zero-order valence-electron chi connectivity index (χ0n) is 11.5. The zero-order valence-corrected chi connectivity index (χ0v) is 11.5. The Labute approximate surface area is 117 Å². The number of ether oxygens (including phenoxy) is 2. The van der Waals surface area contributed by atoms with E-state index in [2.05, 4.69) is 5.32 Å². The largest absolute Gasteiger partial charge is 0.496 e. The van der Waals surface area contributed by atoms with Crippen molar-refractivity contribution in [2.45, 2.75) is 25.2 Å². The first-order chi connectivity index (χ1) is 9.52. The van der Waals surface area contributed by atoms with Crippen LogP contribution in [0.4, 0.5) is 0 Å². The van der Waals surface area contributed by atoms with E-state index >= 15 is 0 Å². The van der Waals surface area contributed by atoms with E-state index in [1.165, 1.54) is 7.11 Å². The van der Waals surface area contributed by atoms with Gasteiger partial charge in [-0.15, -0.1) is 0 Å². The second kappa shape index (κ2) is 6.21. The van der Waals surface area contributed by atoms with E-state index in [1.54, 1.807) is 12.1 Å². The number of aliphatic hydroxyl groups is 2. The summed E-state index contributed by atoms with van der Waals surface area (Å²) in [6.45, 7) is 2.11. The maximum Gasteiger partial charge on any atom is 0.255 e. The van der Waals surface area contributed by atoms with Gasteiger partial charge in [0.1, 0.15) is 18.0 Å². The summed E-state index contributed by atoms with van der Waals surface area (Å²) in [6, 6.07) is 4.63. The van der Waals surface area contributed by atoms with Crippen molar-refractivity contribution >= 4 is 5.91 Å². The Hall–Kier alpha value is -1.63. The lowest BCUT2D eigenvalue weighted by Crippen LogP contribution is -2.55. The average molecular weight is 281 g/mol. The normalized spacial score (nSPS) is 26.1. The molecule has 3 atom stereocenters. The van der Waals surface area contributed by atoms with Gasteiger partial charge in [0.2, 0.25) is 0 Å². The predicted octanol–water partition coefficient (Wildman–Crippen LogP) is -0.146. The summed E-state index contributed by atoms with van der Waals surface area (Å²) in [7, 11) is 1.49. The minimum absolute atomic E-state index is 0.0707. The van der Waals surface area contributed by atoms with Gasteiger partial charge in [0.25, 0.3) is 5.91 Å². The highest BCUT2D eigenvalue weighted by Gasteiger charge is 2.32. The van der Waals surface area contributed by atoms with Gasteiger partial charge in [-0.3, -0.25) is 4.79 Å². The molecule has 0 unspecified atom stereocenters. The van der Waals surface area contributed by atoms with Crippen LogP contribution in [0.5, 0.6) is 5.75 Å². The fourth-order valence-corrected chi connectivity index (χ4v) is 2.15. The molecule has 110 valence electrons.